The molecule has 3 unspecified atom stereocenters. The highest BCUT2D eigenvalue weighted by molar-refractivity contribution is 5.79. The number of rotatable bonds is 3. The van der Waals surface area contributed by atoms with Crippen molar-refractivity contribution in [1.82, 2.24) is 25.9 Å². The quantitative estimate of drug-likeness (QED) is 0.669. The summed E-state index contributed by atoms with van der Waals surface area (Å²) >= 11 is 0. The summed E-state index contributed by atoms with van der Waals surface area (Å²) in [5.74, 6) is 0.397. The number of tetrazole rings is 1. The molecule has 0 spiro atoms. The molecule has 4 N–H and O–H groups in total. The van der Waals surface area contributed by atoms with Gasteiger partial charge in [0.05, 0.1) is 12.0 Å². The third kappa shape index (κ3) is 3.04. The Labute approximate surface area is 106 Å². The van der Waals surface area contributed by atoms with Crippen LogP contribution in [0.15, 0.2) is 0 Å². The van der Waals surface area contributed by atoms with Crippen LogP contribution in [0.1, 0.15) is 50.9 Å². The van der Waals surface area contributed by atoms with Crippen LogP contribution in [-0.4, -0.2) is 32.6 Å². The summed E-state index contributed by atoms with van der Waals surface area (Å²) in [6.45, 7) is 1.84. The van der Waals surface area contributed by atoms with Gasteiger partial charge in [-0.15, -0.1) is 10.2 Å². The summed E-state index contributed by atoms with van der Waals surface area (Å²) in [5.41, 5.74) is 6.06. The highest BCUT2D eigenvalue weighted by atomic mass is 16.2. The van der Waals surface area contributed by atoms with E-state index in [1.54, 1.807) is 0 Å². The van der Waals surface area contributed by atoms with E-state index >= 15 is 0 Å². The molecule has 1 heterocycles. The predicted molar refractivity (Wildman–Crippen MR) is 65.3 cm³/mol. The zero-order chi connectivity index (χ0) is 13.0. The number of hydrogen-bond acceptors (Lipinski definition) is 5. The van der Waals surface area contributed by atoms with E-state index in [0.717, 1.165) is 32.1 Å². The molecule has 1 aliphatic rings. The largest absolute Gasteiger partial charge is 0.346 e. The normalized spacial score (nSPS) is 26.3. The summed E-state index contributed by atoms with van der Waals surface area (Å²) in [5, 5.41) is 16.5. The lowest BCUT2D eigenvalue weighted by atomic mass is 9.94. The molecular formula is C11H20N6O. The Kier molecular flexibility index (Phi) is 4.24. The van der Waals surface area contributed by atoms with Gasteiger partial charge in [0.1, 0.15) is 0 Å². The summed E-state index contributed by atoms with van der Waals surface area (Å²) in [4.78, 5) is 12.2. The number of nitrogens with one attached hydrogen (secondary N) is 2. The fourth-order valence-corrected chi connectivity index (χ4v) is 2.40. The Balaban J connectivity index is 1.94. The van der Waals surface area contributed by atoms with Crippen molar-refractivity contribution >= 4 is 5.91 Å². The van der Waals surface area contributed by atoms with Crippen LogP contribution in [0.3, 0.4) is 0 Å². The lowest BCUT2D eigenvalue weighted by Crippen LogP contribution is -2.42. The van der Waals surface area contributed by atoms with Gasteiger partial charge in [0.25, 0.3) is 0 Å². The van der Waals surface area contributed by atoms with Crippen molar-refractivity contribution in [1.29, 1.82) is 0 Å². The molecule has 7 nitrogen and oxygen atoms in total. The number of carbonyl (C=O) groups is 1. The van der Waals surface area contributed by atoms with Gasteiger partial charge in [-0.25, -0.2) is 0 Å². The first kappa shape index (κ1) is 12.9. The average molecular weight is 252 g/mol. The number of H-pyrrole nitrogens is 1. The van der Waals surface area contributed by atoms with E-state index in [0.29, 0.717) is 5.82 Å². The fraction of sp³-hybridized carbons (Fsp3) is 0.818. The molecule has 1 saturated carbocycles. The van der Waals surface area contributed by atoms with Crippen LogP contribution < -0.4 is 11.1 Å². The maximum Gasteiger partial charge on any atom is 0.225 e. The maximum absolute atomic E-state index is 12.2. The Bertz CT molecular complexity index is 379. The second-order valence-electron chi connectivity index (χ2n) is 4.91. The SMILES string of the molecule is CC(NC(=O)C1CCCCCC1N)c1nn[nH]n1. The smallest absolute Gasteiger partial charge is 0.225 e. The van der Waals surface area contributed by atoms with Crippen molar-refractivity contribution in [3.05, 3.63) is 5.82 Å². The number of carbonyl (C=O) groups excluding carboxylic acids is 1. The number of hydrogen-bond donors (Lipinski definition) is 3. The van der Waals surface area contributed by atoms with Crippen molar-refractivity contribution in [3.63, 3.8) is 0 Å². The van der Waals surface area contributed by atoms with Crippen LogP contribution in [0.2, 0.25) is 0 Å². The van der Waals surface area contributed by atoms with Crippen LogP contribution in [0.4, 0.5) is 0 Å². The van der Waals surface area contributed by atoms with Gasteiger partial charge in [-0.2, -0.15) is 5.21 Å². The van der Waals surface area contributed by atoms with E-state index in [4.69, 9.17) is 5.73 Å². The van der Waals surface area contributed by atoms with Crippen molar-refractivity contribution in [2.45, 2.75) is 51.1 Å². The van der Waals surface area contributed by atoms with Crippen LogP contribution in [0.25, 0.3) is 0 Å². The molecule has 100 valence electrons. The summed E-state index contributed by atoms with van der Waals surface area (Å²) in [6, 6.07) is -0.281. The topological polar surface area (TPSA) is 110 Å². The lowest BCUT2D eigenvalue weighted by molar-refractivity contribution is -0.126. The molecular weight excluding hydrogens is 232 g/mol. The van der Waals surface area contributed by atoms with Gasteiger partial charge >= 0.3 is 0 Å². The van der Waals surface area contributed by atoms with Crippen LogP contribution in [0.5, 0.6) is 0 Å². The van der Waals surface area contributed by atoms with Gasteiger partial charge in [-0.3, -0.25) is 4.79 Å². The molecule has 1 amide bonds. The lowest BCUT2D eigenvalue weighted by Gasteiger charge is -2.22. The van der Waals surface area contributed by atoms with Crippen LogP contribution in [0, 0.1) is 5.92 Å². The molecule has 0 radical (unpaired) electrons. The fourth-order valence-electron chi connectivity index (χ4n) is 2.40. The van der Waals surface area contributed by atoms with Gasteiger partial charge in [-0.05, 0) is 19.8 Å². The molecule has 1 aromatic heterocycles. The van der Waals surface area contributed by atoms with E-state index in [1.165, 1.54) is 0 Å². The zero-order valence-electron chi connectivity index (χ0n) is 10.6. The third-order valence-electron chi connectivity index (χ3n) is 3.51. The van der Waals surface area contributed by atoms with Crippen molar-refractivity contribution in [3.8, 4) is 0 Å². The second kappa shape index (κ2) is 5.90. The van der Waals surface area contributed by atoms with Crippen LogP contribution >= 0.6 is 0 Å². The molecule has 0 aliphatic heterocycles. The maximum atomic E-state index is 12.2. The summed E-state index contributed by atoms with van der Waals surface area (Å²) in [6.07, 6.45) is 5.15. The van der Waals surface area contributed by atoms with E-state index in [2.05, 4.69) is 25.9 Å². The Hall–Kier alpha value is -1.50. The molecule has 3 atom stereocenters. The Morgan fingerprint density at radius 3 is 2.94 bits per heavy atom. The molecule has 18 heavy (non-hydrogen) atoms. The standard InChI is InChI=1S/C11H20N6O/c1-7(10-14-16-17-15-10)13-11(18)8-5-3-2-4-6-9(8)12/h7-9H,2-6,12H2,1H3,(H,13,18)(H,14,15,16,17). The number of aromatic nitrogens is 4. The summed E-state index contributed by atoms with van der Waals surface area (Å²) < 4.78 is 0. The van der Waals surface area contributed by atoms with Gasteiger partial charge in [0, 0.05) is 6.04 Å². The van der Waals surface area contributed by atoms with E-state index in [1.807, 2.05) is 6.92 Å². The molecule has 1 aromatic rings. The molecule has 0 saturated heterocycles. The number of aromatic amines is 1. The molecule has 1 aliphatic carbocycles. The first-order valence-corrected chi connectivity index (χ1v) is 6.48. The first-order valence-electron chi connectivity index (χ1n) is 6.48. The minimum Gasteiger partial charge on any atom is -0.346 e. The highest BCUT2D eigenvalue weighted by Crippen LogP contribution is 2.23. The average Bonchev–Trinajstić information content (AvgIpc) is 2.79. The highest BCUT2D eigenvalue weighted by Gasteiger charge is 2.28. The van der Waals surface area contributed by atoms with Gasteiger partial charge in [-0.1, -0.05) is 24.5 Å². The molecule has 0 aromatic carbocycles. The van der Waals surface area contributed by atoms with E-state index in [9.17, 15) is 4.79 Å². The zero-order valence-corrected chi connectivity index (χ0v) is 10.6. The van der Waals surface area contributed by atoms with Crippen molar-refractivity contribution in [2.24, 2.45) is 11.7 Å². The first-order chi connectivity index (χ1) is 8.68. The monoisotopic (exact) mass is 252 g/mol. The molecule has 2 rings (SSSR count). The van der Waals surface area contributed by atoms with Crippen molar-refractivity contribution < 1.29 is 4.79 Å². The van der Waals surface area contributed by atoms with Crippen LogP contribution in [-0.2, 0) is 4.79 Å². The minimum atomic E-state index is -0.244. The van der Waals surface area contributed by atoms with E-state index < -0.39 is 0 Å². The van der Waals surface area contributed by atoms with E-state index in [-0.39, 0.29) is 23.9 Å². The van der Waals surface area contributed by atoms with Gasteiger partial charge < -0.3 is 11.1 Å². The predicted octanol–water partition coefficient (Wildman–Crippen LogP) is 0.285. The Morgan fingerprint density at radius 2 is 2.22 bits per heavy atom. The van der Waals surface area contributed by atoms with Crippen molar-refractivity contribution in [2.75, 3.05) is 0 Å². The number of nitrogens with zero attached hydrogens (tertiary/aromatic N) is 3. The number of amides is 1. The minimum absolute atomic E-state index is 0.00157. The molecule has 7 heteroatoms. The molecule has 1 fully saturated rings. The Morgan fingerprint density at radius 1 is 1.44 bits per heavy atom. The number of nitrogens with two attached hydrogens (primary N) is 1. The van der Waals surface area contributed by atoms with Gasteiger partial charge in [0.15, 0.2) is 5.82 Å². The van der Waals surface area contributed by atoms with Gasteiger partial charge in [0.2, 0.25) is 5.91 Å². The third-order valence-corrected chi connectivity index (χ3v) is 3.51. The second-order valence-corrected chi connectivity index (χ2v) is 4.91. The summed E-state index contributed by atoms with van der Waals surface area (Å²) in [7, 11) is 0. The molecule has 0 bridgehead atoms.